The van der Waals surface area contributed by atoms with E-state index in [4.69, 9.17) is 11.6 Å². The minimum Gasteiger partial charge on any atom is -0.508 e. The van der Waals surface area contributed by atoms with Crippen molar-refractivity contribution in [1.29, 1.82) is 0 Å². The minimum absolute atomic E-state index is 0.0613. The molecule has 1 aliphatic rings. The third-order valence-electron chi connectivity index (χ3n) is 4.89. The number of benzene rings is 2. The molecule has 144 valence electrons. The second-order valence-corrected chi connectivity index (χ2v) is 7.32. The molecule has 27 heavy (non-hydrogen) atoms. The van der Waals surface area contributed by atoms with Crippen LogP contribution in [0.5, 0.6) is 5.75 Å². The van der Waals surface area contributed by atoms with Crippen LogP contribution in [0, 0.1) is 0 Å². The molecule has 3 rings (SSSR count). The second kappa shape index (κ2) is 9.22. The van der Waals surface area contributed by atoms with Crippen LogP contribution in [0.2, 0.25) is 5.02 Å². The van der Waals surface area contributed by atoms with E-state index in [9.17, 15) is 9.90 Å². The average molecular weight is 388 g/mol. The van der Waals surface area contributed by atoms with Gasteiger partial charge in [0.2, 0.25) is 5.91 Å². The van der Waals surface area contributed by atoms with E-state index in [-0.39, 0.29) is 23.7 Å². The van der Waals surface area contributed by atoms with Gasteiger partial charge in [-0.15, -0.1) is 0 Å². The summed E-state index contributed by atoms with van der Waals surface area (Å²) in [6, 6.07) is 15.0. The molecule has 2 aromatic rings. The van der Waals surface area contributed by atoms with Gasteiger partial charge < -0.3 is 15.7 Å². The average Bonchev–Trinajstić information content (AvgIpc) is 3.05. The monoisotopic (exact) mass is 387 g/mol. The fourth-order valence-electron chi connectivity index (χ4n) is 3.56. The van der Waals surface area contributed by atoms with Gasteiger partial charge in [0.25, 0.3) is 0 Å². The number of carbonyl (C=O) groups excluding carboxylic acids is 1. The van der Waals surface area contributed by atoms with Crippen LogP contribution in [0.3, 0.4) is 0 Å². The number of phenols is 1. The number of likely N-dealkylation sites (N-methyl/N-ethyl adjacent to an activating group) is 1. The molecule has 2 aromatic carbocycles. The quantitative estimate of drug-likeness (QED) is 0.683. The Morgan fingerprint density at radius 2 is 2.07 bits per heavy atom. The highest BCUT2D eigenvalue weighted by atomic mass is 35.5. The van der Waals surface area contributed by atoms with Crippen LogP contribution in [-0.2, 0) is 17.9 Å². The molecule has 0 aromatic heterocycles. The van der Waals surface area contributed by atoms with Gasteiger partial charge >= 0.3 is 0 Å². The molecule has 6 heteroatoms. The van der Waals surface area contributed by atoms with Gasteiger partial charge in [0, 0.05) is 37.2 Å². The van der Waals surface area contributed by atoms with Crippen molar-refractivity contribution in [2.75, 3.05) is 13.1 Å². The van der Waals surface area contributed by atoms with Gasteiger partial charge in [0.15, 0.2) is 0 Å². The molecule has 0 saturated carbocycles. The fraction of sp³-hybridized carbons (Fsp3) is 0.381. The molecule has 3 N–H and O–H groups in total. The maximum atomic E-state index is 12.5. The number of carbonyl (C=O) groups is 1. The molecule has 5 nitrogen and oxygen atoms in total. The number of hydrogen-bond donors (Lipinski definition) is 3. The van der Waals surface area contributed by atoms with Crippen LogP contribution < -0.4 is 10.6 Å². The van der Waals surface area contributed by atoms with Crippen molar-refractivity contribution in [3.8, 4) is 5.75 Å². The van der Waals surface area contributed by atoms with Crippen molar-refractivity contribution in [2.24, 2.45) is 0 Å². The van der Waals surface area contributed by atoms with E-state index < -0.39 is 0 Å². The zero-order valence-corrected chi connectivity index (χ0v) is 16.2. The predicted molar refractivity (Wildman–Crippen MR) is 108 cm³/mol. The first kappa shape index (κ1) is 19.7. The lowest BCUT2D eigenvalue weighted by Gasteiger charge is -2.23. The Kier molecular flexibility index (Phi) is 6.72. The fourth-order valence-corrected chi connectivity index (χ4v) is 3.76. The number of aromatic hydroxyl groups is 1. The summed E-state index contributed by atoms with van der Waals surface area (Å²) in [4.78, 5) is 14.7. The second-order valence-electron chi connectivity index (χ2n) is 6.91. The Morgan fingerprint density at radius 1 is 1.26 bits per heavy atom. The Hall–Kier alpha value is -2.08. The number of likely N-dealkylation sites (tertiary alicyclic amines) is 1. The van der Waals surface area contributed by atoms with E-state index in [1.54, 1.807) is 12.1 Å². The molecular weight excluding hydrogens is 362 g/mol. The molecule has 1 fully saturated rings. The molecule has 2 atom stereocenters. The highest BCUT2D eigenvalue weighted by molar-refractivity contribution is 6.31. The van der Waals surface area contributed by atoms with Gasteiger partial charge in [-0.3, -0.25) is 9.69 Å². The SMILES string of the molecule is CCNC(=O)[C@@H]1C[C@H](NCc2cccc(O)c2)CN1Cc1ccccc1Cl. The molecular formula is C21H26ClN3O2. The maximum absolute atomic E-state index is 12.5. The van der Waals surface area contributed by atoms with Crippen LogP contribution in [0.1, 0.15) is 24.5 Å². The number of hydrogen-bond acceptors (Lipinski definition) is 4. The van der Waals surface area contributed by atoms with E-state index >= 15 is 0 Å². The minimum atomic E-state index is -0.178. The van der Waals surface area contributed by atoms with Crippen molar-refractivity contribution in [2.45, 2.75) is 38.5 Å². The predicted octanol–water partition coefficient (Wildman–Crippen LogP) is 2.91. The van der Waals surface area contributed by atoms with E-state index in [2.05, 4.69) is 15.5 Å². The zero-order valence-electron chi connectivity index (χ0n) is 15.5. The lowest BCUT2D eigenvalue weighted by Crippen LogP contribution is -2.42. The van der Waals surface area contributed by atoms with Crippen molar-refractivity contribution in [3.63, 3.8) is 0 Å². The molecule has 1 heterocycles. The number of amides is 1. The van der Waals surface area contributed by atoms with Crippen molar-refractivity contribution < 1.29 is 9.90 Å². The molecule has 0 bridgehead atoms. The lowest BCUT2D eigenvalue weighted by atomic mass is 10.1. The summed E-state index contributed by atoms with van der Waals surface area (Å²) >= 11 is 6.32. The topological polar surface area (TPSA) is 64.6 Å². The van der Waals surface area contributed by atoms with Gasteiger partial charge in [-0.05, 0) is 42.7 Å². The normalized spacial score (nSPS) is 19.9. The zero-order chi connectivity index (χ0) is 19.2. The summed E-state index contributed by atoms with van der Waals surface area (Å²) in [6.07, 6.45) is 0.745. The summed E-state index contributed by atoms with van der Waals surface area (Å²) in [7, 11) is 0. The summed E-state index contributed by atoms with van der Waals surface area (Å²) < 4.78 is 0. The Labute approximate surface area is 165 Å². The van der Waals surface area contributed by atoms with Crippen LogP contribution in [0.4, 0.5) is 0 Å². The van der Waals surface area contributed by atoms with Gasteiger partial charge in [0.1, 0.15) is 5.75 Å². The largest absolute Gasteiger partial charge is 0.508 e. The smallest absolute Gasteiger partial charge is 0.237 e. The molecule has 1 saturated heterocycles. The first-order valence-corrected chi connectivity index (χ1v) is 9.71. The summed E-state index contributed by atoms with van der Waals surface area (Å²) in [5.41, 5.74) is 2.05. The lowest BCUT2D eigenvalue weighted by molar-refractivity contribution is -0.125. The van der Waals surface area contributed by atoms with Crippen LogP contribution in [0.25, 0.3) is 0 Å². The number of nitrogens with zero attached hydrogens (tertiary/aromatic N) is 1. The van der Waals surface area contributed by atoms with Crippen molar-refractivity contribution >= 4 is 17.5 Å². The molecule has 1 amide bonds. The number of rotatable bonds is 7. The molecule has 1 aliphatic heterocycles. The number of halogens is 1. The Bertz CT molecular complexity index is 784. The number of phenolic OH excluding ortho intramolecular Hbond substituents is 1. The number of nitrogens with one attached hydrogen (secondary N) is 2. The molecule has 0 unspecified atom stereocenters. The van der Waals surface area contributed by atoms with Gasteiger partial charge in [-0.1, -0.05) is 41.9 Å². The highest BCUT2D eigenvalue weighted by Crippen LogP contribution is 2.24. The van der Waals surface area contributed by atoms with Crippen molar-refractivity contribution in [3.05, 3.63) is 64.7 Å². The van der Waals surface area contributed by atoms with Crippen LogP contribution in [0.15, 0.2) is 48.5 Å². The molecule has 0 spiro atoms. The standard InChI is InChI=1S/C21H26ClN3O2/c1-2-23-21(27)20-11-17(24-12-15-6-5-8-18(26)10-15)14-25(20)13-16-7-3-4-9-19(16)22/h3-10,17,20,24,26H,2,11-14H2,1H3,(H,23,27)/t17-,20-/m0/s1. The Balaban J connectivity index is 1.67. The van der Waals surface area contributed by atoms with E-state index in [0.717, 1.165) is 29.1 Å². The van der Waals surface area contributed by atoms with Crippen LogP contribution in [-0.4, -0.2) is 41.1 Å². The van der Waals surface area contributed by atoms with Crippen LogP contribution >= 0.6 is 11.6 Å². The highest BCUT2D eigenvalue weighted by Gasteiger charge is 2.36. The molecule has 0 aliphatic carbocycles. The maximum Gasteiger partial charge on any atom is 0.237 e. The van der Waals surface area contributed by atoms with Gasteiger partial charge in [-0.25, -0.2) is 0 Å². The summed E-state index contributed by atoms with van der Waals surface area (Å²) in [6.45, 7) is 4.62. The summed E-state index contributed by atoms with van der Waals surface area (Å²) in [5.74, 6) is 0.326. The van der Waals surface area contributed by atoms with E-state index in [1.807, 2.05) is 43.3 Å². The summed E-state index contributed by atoms with van der Waals surface area (Å²) in [5, 5.41) is 16.8. The van der Waals surface area contributed by atoms with Gasteiger partial charge in [-0.2, -0.15) is 0 Å². The van der Waals surface area contributed by atoms with Gasteiger partial charge in [0.05, 0.1) is 6.04 Å². The third-order valence-corrected chi connectivity index (χ3v) is 5.26. The molecule has 0 radical (unpaired) electrons. The van der Waals surface area contributed by atoms with E-state index in [1.165, 1.54) is 0 Å². The first-order chi connectivity index (χ1) is 13.1. The first-order valence-electron chi connectivity index (χ1n) is 9.33. The van der Waals surface area contributed by atoms with E-state index in [0.29, 0.717) is 19.6 Å². The van der Waals surface area contributed by atoms with Crippen molar-refractivity contribution in [1.82, 2.24) is 15.5 Å². The Morgan fingerprint density at radius 3 is 2.81 bits per heavy atom. The third kappa shape index (κ3) is 5.22.